The van der Waals surface area contributed by atoms with Crippen molar-refractivity contribution in [2.45, 2.75) is 32.1 Å². The Morgan fingerprint density at radius 1 is 1.33 bits per heavy atom. The topological polar surface area (TPSA) is 55.1 Å². The Morgan fingerprint density at radius 2 is 2.06 bits per heavy atom. The molecule has 1 aromatic carbocycles. The monoisotopic (exact) mass is 250 g/mol. The predicted molar refractivity (Wildman–Crippen MR) is 69.7 cm³/mol. The van der Waals surface area contributed by atoms with Crippen LogP contribution in [0, 0.1) is 11.7 Å². The van der Waals surface area contributed by atoms with Gasteiger partial charge in [0.05, 0.1) is 0 Å². The van der Waals surface area contributed by atoms with Crippen LogP contribution >= 0.6 is 0 Å². The molecule has 0 spiro atoms. The number of carbonyl (C=O) groups is 1. The minimum absolute atomic E-state index is 0.251. The van der Waals surface area contributed by atoms with Gasteiger partial charge in [-0.05, 0) is 30.5 Å². The maximum absolute atomic E-state index is 13.1. The summed E-state index contributed by atoms with van der Waals surface area (Å²) >= 11 is 0. The third-order valence-electron chi connectivity index (χ3n) is 3.50. The first-order chi connectivity index (χ1) is 8.65. The molecule has 2 rings (SSSR count). The average Bonchev–Trinajstić information content (AvgIpc) is 2.80. The Balaban J connectivity index is 1.83. The summed E-state index contributed by atoms with van der Waals surface area (Å²) in [6, 6.07) is 3.91. The van der Waals surface area contributed by atoms with Gasteiger partial charge in [-0.1, -0.05) is 25.7 Å². The summed E-state index contributed by atoms with van der Waals surface area (Å²) in [6.07, 6.45) is 6.15. The predicted octanol–water partition coefficient (Wildman–Crippen LogP) is 2.72. The van der Waals surface area contributed by atoms with Gasteiger partial charge >= 0.3 is 0 Å². The molecule has 98 valence electrons. The third-order valence-corrected chi connectivity index (χ3v) is 3.50. The molecule has 4 heteroatoms. The number of hydrogen-bond donors (Lipinski definition) is 2. The summed E-state index contributed by atoms with van der Waals surface area (Å²) in [6.45, 7) is 0.653. The van der Waals surface area contributed by atoms with Crippen molar-refractivity contribution < 1.29 is 9.18 Å². The Hall–Kier alpha value is -1.58. The van der Waals surface area contributed by atoms with Crippen molar-refractivity contribution in [1.82, 2.24) is 5.32 Å². The standard InChI is InChI=1S/C14H19FN2O/c15-12-7-11(8-13(16)9-12)14(18)17-6-5-10-3-1-2-4-10/h7-10H,1-6,16H2,(H,17,18). The van der Waals surface area contributed by atoms with Crippen molar-refractivity contribution in [2.75, 3.05) is 12.3 Å². The summed E-state index contributed by atoms with van der Waals surface area (Å²) in [4.78, 5) is 11.8. The number of anilines is 1. The second-order valence-electron chi connectivity index (χ2n) is 4.97. The molecule has 3 nitrogen and oxygen atoms in total. The number of nitrogens with one attached hydrogen (secondary N) is 1. The minimum atomic E-state index is -0.476. The molecule has 1 fully saturated rings. The van der Waals surface area contributed by atoms with E-state index in [1.165, 1.54) is 43.9 Å². The molecule has 1 aliphatic rings. The lowest BCUT2D eigenvalue weighted by Gasteiger charge is -2.10. The maximum atomic E-state index is 13.1. The van der Waals surface area contributed by atoms with E-state index in [0.29, 0.717) is 12.1 Å². The van der Waals surface area contributed by atoms with E-state index in [9.17, 15) is 9.18 Å². The number of nitrogens with two attached hydrogens (primary N) is 1. The van der Waals surface area contributed by atoms with Gasteiger partial charge in [0.25, 0.3) is 5.91 Å². The summed E-state index contributed by atoms with van der Waals surface area (Å²) in [7, 11) is 0. The van der Waals surface area contributed by atoms with Crippen LogP contribution in [0.3, 0.4) is 0 Å². The van der Waals surface area contributed by atoms with Crippen LogP contribution < -0.4 is 11.1 Å². The van der Waals surface area contributed by atoms with Gasteiger partial charge in [0, 0.05) is 17.8 Å². The highest BCUT2D eigenvalue weighted by atomic mass is 19.1. The van der Waals surface area contributed by atoms with E-state index >= 15 is 0 Å². The zero-order valence-corrected chi connectivity index (χ0v) is 10.4. The molecule has 0 saturated heterocycles. The number of hydrogen-bond acceptors (Lipinski definition) is 2. The fraction of sp³-hybridized carbons (Fsp3) is 0.500. The van der Waals surface area contributed by atoms with E-state index in [4.69, 9.17) is 5.73 Å². The first kappa shape index (κ1) is 12.9. The van der Waals surface area contributed by atoms with Crippen molar-refractivity contribution in [3.63, 3.8) is 0 Å². The highest BCUT2D eigenvalue weighted by Gasteiger charge is 2.15. The molecule has 1 saturated carbocycles. The normalized spacial score (nSPS) is 15.8. The van der Waals surface area contributed by atoms with Gasteiger partial charge in [-0.25, -0.2) is 4.39 Å². The zero-order chi connectivity index (χ0) is 13.0. The van der Waals surface area contributed by atoms with Gasteiger partial charge in [0.2, 0.25) is 0 Å². The summed E-state index contributed by atoms with van der Waals surface area (Å²) < 4.78 is 13.1. The summed E-state index contributed by atoms with van der Waals surface area (Å²) in [5.41, 5.74) is 6.07. The number of halogens is 1. The van der Waals surface area contributed by atoms with Crippen molar-refractivity contribution in [1.29, 1.82) is 0 Å². The van der Waals surface area contributed by atoms with Crippen molar-refractivity contribution in [3.8, 4) is 0 Å². The quantitative estimate of drug-likeness (QED) is 0.807. The lowest BCUT2D eigenvalue weighted by atomic mass is 10.0. The molecule has 0 radical (unpaired) electrons. The molecule has 3 N–H and O–H groups in total. The lowest BCUT2D eigenvalue weighted by molar-refractivity contribution is 0.0951. The SMILES string of the molecule is Nc1cc(F)cc(C(=O)NCCC2CCCC2)c1. The lowest BCUT2D eigenvalue weighted by Crippen LogP contribution is -2.25. The molecule has 1 amide bonds. The van der Waals surface area contributed by atoms with Crippen molar-refractivity contribution in [3.05, 3.63) is 29.6 Å². The van der Waals surface area contributed by atoms with Gasteiger partial charge in [0.1, 0.15) is 5.82 Å². The highest BCUT2D eigenvalue weighted by molar-refractivity contribution is 5.95. The third kappa shape index (κ3) is 3.45. The van der Waals surface area contributed by atoms with Gasteiger partial charge < -0.3 is 11.1 Å². The fourth-order valence-electron chi connectivity index (χ4n) is 2.53. The van der Waals surface area contributed by atoms with Gasteiger partial charge in [-0.15, -0.1) is 0 Å². The van der Waals surface area contributed by atoms with E-state index in [-0.39, 0.29) is 11.6 Å². The molecule has 0 aromatic heterocycles. The molecule has 0 aliphatic heterocycles. The van der Waals surface area contributed by atoms with E-state index < -0.39 is 5.82 Å². The average molecular weight is 250 g/mol. The molecule has 18 heavy (non-hydrogen) atoms. The molecular formula is C14H19FN2O. The van der Waals surface area contributed by atoms with Crippen molar-refractivity contribution in [2.24, 2.45) is 5.92 Å². The van der Waals surface area contributed by atoms with Crippen LogP contribution in [0.1, 0.15) is 42.5 Å². The summed E-state index contributed by atoms with van der Waals surface area (Å²) in [5, 5.41) is 2.82. The number of amides is 1. The van der Waals surface area contributed by atoms with E-state index in [0.717, 1.165) is 12.3 Å². The zero-order valence-electron chi connectivity index (χ0n) is 10.4. The largest absolute Gasteiger partial charge is 0.399 e. The first-order valence-corrected chi connectivity index (χ1v) is 6.49. The molecule has 0 bridgehead atoms. The van der Waals surface area contributed by atoms with Crippen LogP contribution in [-0.4, -0.2) is 12.5 Å². The Kier molecular flexibility index (Phi) is 4.18. The van der Waals surface area contributed by atoms with E-state index in [1.807, 2.05) is 0 Å². The van der Waals surface area contributed by atoms with Gasteiger partial charge in [-0.3, -0.25) is 4.79 Å². The maximum Gasteiger partial charge on any atom is 0.251 e. The van der Waals surface area contributed by atoms with Crippen LogP contribution in [-0.2, 0) is 0 Å². The van der Waals surface area contributed by atoms with Gasteiger partial charge in [0.15, 0.2) is 0 Å². The van der Waals surface area contributed by atoms with Crippen molar-refractivity contribution >= 4 is 11.6 Å². The van der Waals surface area contributed by atoms with Crippen LogP contribution in [0.15, 0.2) is 18.2 Å². The molecular weight excluding hydrogens is 231 g/mol. The van der Waals surface area contributed by atoms with Crippen LogP contribution in [0.2, 0.25) is 0 Å². The highest BCUT2D eigenvalue weighted by Crippen LogP contribution is 2.26. The number of rotatable bonds is 4. The molecule has 0 heterocycles. The second-order valence-corrected chi connectivity index (χ2v) is 4.97. The fourth-order valence-corrected chi connectivity index (χ4v) is 2.53. The molecule has 1 aromatic rings. The number of carbonyl (C=O) groups excluding carboxylic acids is 1. The second kappa shape index (κ2) is 5.85. The number of nitrogen functional groups attached to an aromatic ring is 1. The van der Waals surface area contributed by atoms with Crippen LogP contribution in [0.4, 0.5) is 10.1 Å². The van der Waals surface area contributed by atoms with Crippen LogP contribution in [0.25, 0.3) is 0 Å². The summed E-state index contributed by atoms with van der Waals surface area (Å²) in [5.74, 6) is 0.0121. The molecule has 0 atom stereocenters. The van der Waals surface area contributed by atoms with E-state index in [1.54, 1.807) is 0 Å². The van der Waals surface area contributed by atoms with Gasteiger partial charge in [-0.2, -0.15) is 0 Å². The molecule has 0 unspecified atom stereocenters. The van der Waals surface area contributed by atoms with Crippen LogP contribution in [0.5, 0.6) is 0 Å². The Bertz CT molecular complexity index is 408. The smallest absolute Gasteiger partial charge is 0.251 e. The Morgan fingerprint density at radius 3 is 2.72 bits per heavy atom. The first-order valence-electron chi connectivity index (χ1n) is 6.49. The minimum Gasteiger partial charge on any atom is -0.399 e. The van der Waals surface area contributed by atoms with E-state index in [2.05, 4.69) is 5.32 Å². The Labute approximate surface area is 107 Å². The number of benzene rings is 1. The molecule has 1 aliphatic carbocycles.